The molecule has 1 atom stereocenters. The van der Waals surface area contributed by atoms with Crippen LogP contribution in [0.1, 0.15) is 48.7 Å². The van der Waals surface area contributed by atoms with Gasteiger partial charge in [0.1, 0.15) is 12.0 Å². The molecule has 4 rings (SSSR count). The number of allylic oxidation sites excluding steroid dienone is 1. The molecule has 1 aromatic carbocycles. The summed E-state index contributed by atoms with van der Waals surface area (Å²) in [6, 6.07) is 11.2. The standard InChI is InChI=1S/C25H29N7O/c1-4-7-18-12-13-28-22(16-18)29-25(33)20-10-8-19(9-11-20)24-30-23(31(5-2)6-3)21-17-27-14-15-32(21,24)26/h8-17H,4-7,26H2,1-3H3/p+1. The van der Waals surface area contributed by atoms with E-state index in [4.69, 9.17) is 10.8 Å². The third-order valence-corrected chi connectivity index (χ3v) is 5.85. The van der Waals surface area contributed by atoms with Crippen LogP contribution in [-0.2, 0) is 6.42 Å². The third kappa shape index (κ3) is 4.35. The van der Waals surface area contributed by atoms with Crippen molar-refractivity contribution in [2.24, 2.45) is 15.8 Å². The highest BCUT2D eigenvalue weighted by Crippen LogP contribution is 2.32. The van der Waals surface area contributed by atoms with Crippen LogP contribution < -0.4 is 11.2 Å². The number of rotatable bonds is 8. The molecule has 2 aromatic rings. The fourth-order valence-corrected chi connectivity index (χ4v) is 4.06. The number of carbonyl (C=O) groups excluding carboxylic acids is 1. The summed E-state index contributed by atoms with van der Waals surface area (Å²) in [6.07, 6.45) is 8.99. The number of carbonyl (C=O) groups is 1. The molecule has 33 heavy (non-hydrogen) atoms. The van der Waals surface area contributed by atoms with E-state index in [0.717, 1.165) is 48.6 Å². The Morgan fingerprint density at radius 3 is 2.58 bits per heavy atom. The van der Waals surface area contributed by atoms with E-state index in [2.05, 4.69) is 41.0 Å². The molecule has 1 unspecified atom stereocenters. The molecule has 170 valence electrons. The Labute approximate surface area is 194 Å². The molecule has 0 radical (unpaired) electrons. The number of amidine groups is 1. The first-order chi connectivity index (χ1) is 16.0. The highest BCUT2D eigenvalue weighted by atomic mass is 16.1. The number of nitrogens with two attached hydrogens (primary N) is 1. The van der Waals surface area contributed by atoms with Crippen LogP contribution in [0.25, 0.3) is 0 Å². The number of aromatic nitrogens is 1. The normalized spacial score (nSPS) is 18.8. The first kappa shape index (κ1) is 22.6. The first-order valence-electron chi connectivity index (χ1n) is 11.3. The molecule has 0 spiro atoms. The van der Waals surface area contributed by atoms with Gasteiger partial charge in [-0.15, -0.1) is 4.59 Å². The summed E-state index contributed by atoms with van der Waals surface area (Å²) in [4.78, 5) is 28.4. The van der Waals surface area contributed by atoms with Gasteiger partial charge in [-0.2, -0.15) is 10.8 Å². The minimum absolute atomic E-state index is 0.0466. The number of nitrogens with zero attached hydrogens (tertiary/aromatic N) is 5. The van der Waals surface area contributed by atoms with E-state index < -0.39 is 0 Å². The van der Waals surface area contributed by atoms with Crippen molar-refractivity contribution >= 4 is 23.8 Å². The molecule has 0 aliphatic carbocycles. The smallest absolute Gasteiger partial charge is 0.266 e. The van der Waals surface area contributed by atoms with E-state index in [-0.39, 0.29) is 10.5 Å². The van der Waals surface area contributed by atoms with Gasteiger partial charge in [-0.3, -0.25) is 9.79 Å². The summed E-state index contributed by atoms with van der Waals surface area (Å²) >= 11 is 0. The van der Waals surface area contributed by atoms with E-state index in [9.17, 15) is 4.79 Å². The molecule has 0 saturated heterocycles. The molecule has 3 heterocycles. The Bertz CT molecular complexity index is 1160. The average molecular weight is 445 g/mol. The average Bonchev–Trinajstić information content (AvgIpc) is 3.13. The largest absolute Gasteiger partial charge is 0.352 e. The monoisotopic (exact) mass is 444 g/mol. The van der Waals surface area contributed by atoms with E-state index >= 15 is 0 Å². The number of amides is 1. The number of pyridine rings is 1. The van der Waals surface area contributed by atoms with Crippen LogP contribution in [0.5, 0.6) is 0 Å². The maximum absolute atomic E-state index is 12.8. The highest BCUT2D eigenvalue weighted by Gasteiger charge is 2.45. The van der Waals surface area contributed by atoms with E-state index in [0.29, 0.717) is 17.2 Å². The topological polar surface area (TPSA) is 96.0 Å². The second kappa shape index (κ2) is 9.48. The Morgan fingerprint density at radius 2 is 1.88 bits per heavy atom. The van der Waals surface area contributed by atoms with Crippen LogP contribution in [0.3, 0.4) is 0 Å². The number of fused-ring (bicyclic) bond motifs is 1. The summed E-state index contributed by atoms with van der Waals surface area (Å²) in [6.45, 7) is 7.93. The second-order valence-electron chi connectivity index (χ2n) is 8.00. The Morgan fingerprint density at radius 1 is 1.12 bits per heavy atom. The molecule has 0 fully saturated rings. The maximum Gasteiger partial charge on any atom is 0.266 e. The van der Waals surface area contributed by atoms with Crippen LogP contribution in [0.15, 0.2) is 76.5 Å². The second-order valence-corrected chi connectivity index (χ2v) is 8.00. The van der Waals surface area contributed by atoms with Crippen LogP contribution in [0.4, 0.5) is 5.82 Å². The third-order valence-electron chi connectivity index (χ3n) is 5.85. The van der Waals surface area contributed by atoms with Crippen LogP contribution >= 0.6 is 0 Å². The minimum atomic E-state index is -0.208. The summed E-state index contributed by atoms with van der Waals surface area (Å²) in [5.41, 5.74) is 3.36. The van der Waals surface area contributed by atoms with Gasteiger partial charge in [-0.05, 0) is 62.2 Å². The number of quaternary nitrogens is 1. The van der Waals surface area contributed by atoms with Crippen molar-refractivity contribution in [3.05, 3.63) is 83.2 Å². The van der Waals surface area contributed by atoms with Crippen molar-refractivity contribution in [1.29, 1.82) is 0 Å². The fourth-order valence-electron chi connectivity index (χ4n) is 4.06. The van der Waals surface area contributed by atoms with Crippen molar-refractivity contribution in [2.75, 3.05) is 18.4 Å². The van der Waals surface area contributed by atoms with Crippen LogP contribution in [-0.4, -0.2) is 45.5 Å². The van der Waals surface area contributed by atoms with Crippen molar-refractivity contribution < 1.29 is 9.39 Å². The summed E-state index contributed by atoms with van der Waals surface area (Å²) < 4.78 is -0.0466. The number of hydrogen-bond acceptors (Lipinski definition) is 6. The van der Waals surface area contributed by atoms with Gasteiger partial charge in [0.05, 0.1) is 18.0 Å². The molecule has 3 N–H and O–H groups in total. The molecule has 8 heteroatoms. The van der Waals surface area contributed by atoms with Crippen molar-refractivity contribution in [3.63, 3.8) is 0 Å². The van der Waals surface area contributed by atoms with Crippen molar-refractivity contribution in [1.82, 2.24) is 9.88 Å². The zero-order valence-corrected chi connectivity index (χ0v) is 19.3. The number of hydrogen-bond donors (Lipinski definition) is 2. The predicted molar refractivity (Wildman–Crippen MR) is 131 cm³/mol. The van der Waals surface area contributed by atoms with Gasteiger partial charge in [0.15, 0.2) is 0 Å². The van der Waals surface area contributed by atoms with Crippen LogP contribution in [0, 0.1) is 0 Å². The van der Waals surface area contributed by atoms with Gasteiger partial charge in [-0.1, -0.05) is 13.3 Å². The van der Waals surface area contributed by atoms with E-state index in [1.807, 2.05) is 30.5 Å². The van der Waals surface area contributed by atoms with Gasteiger partial charge >= 0.3 is 0 Å². The zero-order chi connectivity index (χ0) is 23.4. The Hall–Kier alpha value is -3.62. The first-order valence-corrected chi connectivity index (χ1v) is 11.3. The van der Waals surface area contributed by atoms with Crippen molar-refractivity contribution in [3.8, 4) is 0 Å². The molecule has 1 amide bonds. The number of aliphatic imine (C=N–C) groups is 2. The quantitative estimate of drug-likeness (QED) is 0.478. The lowest BCUT2D eigenvalue weighted by Crippen LogP contribution is -2.53. The van der Waals surface area contributed by atoms with E-state index in [1.165, 1.54) is 0 Å². The van der Waals surface area contributed by atoms with Gasteiger partial charge in [0, 0.05) is 24.8 Å². The molecule has 8 nitrogen and oxygen atoms in total. The molecular formula is C25H30N7O+. The van der Waals surface area contributed by atoms with E-state index in [1.54, 1.807) is 30.7 Å². The fraction of sp³-hybridized carbons (Fsp3) is 0.280. The van der Waals surface area contributed by atoms with Crippen LogP contribution in [0.2, 0.25) is 0 Å². The van der Waals surface area contributed by atoms with Gasteiger partial charge in [0.2, 0.25) is 11.5 Å². The highest BCUT2D eigenvalue weighted by molar-refractivity contribution is 6.05. The lowest BCUT2D eigenvalue weighted by Gasteiger charge is -2.27. The van der Waals surface area contributed by atoms with Gasteiger partial charge < -0.3 is 10.2 Å². The predicted octanol–water partition coefficient (Wildman–Crippen LogP) is 3.80. The zero-order valence-electron chi connectivity index (χ0n) is 19.3. The lowest BCUT2D eigenvalue weighted by atomic mass is 10.1. The maximum atomic E-state index is 12.8. The number of nitrogens with one attached hydrogen (secondary N) is 1. The SMILES string of the molecule is CCCc1ccnc(NC(=O)c2ccc(C3=NC(N(CC)CC)=C4C=NC=C[N+]34N)cc2)c1. The summed E-state index contributed by atoms with van der Waals surface area (Å²) in [7, 11) is 0. The molecule has 2 aliphatic rings. The van der Waals surface area contributed by atoms with Crippen molar-refractivity contribution in [2.45, 2.75) is 33.6 Å². The summed E-state index contributed by atoms with van der Waals surface area (Å²) in [5, 5.41) is 2.88. The molecule has 1 aromatic heterocycles. The summed E-state index contributed by atoms with van der Waals surface area (Å²) in [5.74, 6) is 8.63. The van der Waals surface area contributed by atoms with Gasteiger partial charge in [-0.25, -0.2) is 4.98 Å². The Kier molecular flexibility index (Phi) is 6.48. The van der Waals surface area contributed by atoms with Gasteiger partial charge in [0.25, 0.3) is 11.7 Å². The number of anilines is 1. The lowest BCUT2D eigenvalue weighted by molar-refractivity contribution is -0.750. The number of benzene rings is 1. The molecule has 0 bridgehead atoms. The molecule has 0 saturated carbocycles. The molecule has 2 aliphatic heterocycles. The number of aryl methyl sites for hydroxylation is 1. The Balaban J connectivity index is 1.57. The minimum Gasteiger partial charge on any atom is -0.352 e. The molecular weight excluding hydrogens is 414 g/mol.